The van der Waals surface area contributed by atoms with Crippen LogP contribution in [-0.4, -0.2) is 18.4 Å². The van der Waals surface area contributed by atoms with Crippen molar-refractivity contribution < 1.29 is 8.42 Å². The second-order valence-electron chi connectivity index (χ2n) is 8.46. The quantitative estimate of drug-likeness (QED) is 0.237. The first-order valence-electron chi connectivity index (χ1n) is 11.4. The minimum Gasteiger partial charge on any atom is -0.340 e. The van der Waals surface area contributed by atoms with Crippen molar-refractivity contribution in [2.75, 3.05) is 15.4 Å². The van der Waals surface area contributed by atoms with E-state index in [0.29, 0.717) is 28.5 Å². The number of nitrogens with zero attached hydrogens (tertiary/aromatic N) is 2. The van der Waals surface area contributed by atoms with Crippen molar-refractivity contribution in [3.8, 4) is 0 Å². The van der Waals surface area contributed by atoms with Crippen LogP contribution < -0.4 is 15.4 Å². The van der Waals surface area contributed by atoms with Gasteiger partial charge in [0.1, 0.15) is 17.5 Å². The Balaban J connectivity index is 1.31. The number of hydrogen-bond donors (Lipinski definition) is 3. The normalized spacial score (nSPS) is 11.3. The van der Waals surface area contributed by atoms with Crippen LogP contribution in [0.4, 0.5) is 28.7 Å². The number of aromatic nitrogens is 2. The molecule has 0 bridgehead atoms. The lowest BCUT2D eigenvalue weighted by Gasteiger charge is -2.12. The van der Waals surface area contributed by atoms with Gasteiger partial charge in [0.25, 0.3) is 10.0 Å². The summed E-state index contributed by atoms with van der Waals surface area (Å²) in [5, 5.41) is 8.10. The molecule has 0 radical (unpaired) electrons. The molecule has 3 N–H and O–H groups in total. The van der Waals surface area contributed by atoms with E-state index >= 15 is 0 Å². The van der Waals surface area contributed by atoms with Crippen molar-refractivity contribution in [1.82, 2.24) is 9.97 Å². The maximum Gasteiger partial charge on any atom is 0.262 e. The molecule has 1 heterocycles. The highest BCUT2D eigenvalue weighted by molar-refractivity contribution is 7.93. The zero-order valence-electron chi connectivity index (χ0n) is 19.9. The highest BCUT2D eigenvalue weighted by atomic mass is 32.2. The van der Waals surface area contributed by atoms with Crippen molar-refractivity contribution in [3.63, 3.8) is 0 Å². The van der Waals surface area contributed by atoms with E-state index in [-0.39, 0.29) is 4.90 Å². The van der Waals surface area contributed by atoms with Crippen molar-refractivity contribution in [1.29, 1.82) is 0 Å². The first kappa shape index (κ1) is 23.3. The summed E-state index contributed by atoms with van der Waals surface area (Å²) < 4.78 is 28.8. The predicted octanol–water partition coefficient (Wildman–Crippen LogP) is 6.53. The fourth-order valence-electron chi connectivity index (χ4n) is 3.89. The minimum absolute atomic E-state index is 0.243. The van der Waals surface area contributed by atoms with Gasteiger partial charge in [-0.1, -0.05) is 54.1 Å². The third-order valence-corrected chi connectivity index (χ3v) is 7.05. The lowest BCUT2D eigenvalue weighted by atomic mass is 10.1. The first-order valence-corrected chi connectivity index (χ1v) is 12.9. The summed E-state index contributed by atoms with van der Waals surface area (Å²) in [5.74, 6) is 1.92. The fraction of sp³-hybridized carbons (Fsp3) is 0.0714. The molecule has 0 saturated heterocycles. The smallest absolute Gasteiger partial charge is 0.262 e. The lowest BCUT2D eigenvalue weighted by molar-refractivity contribution is 0.602. The molecular formula is C28H25N5O2S. The Bertz CT molecular complexity index is 1630. The molecule has 0 aliphatic carbocycles. The number of aryl methyl sites for hydroxylation is 2. The molecule has 1 aromatic heterocycles. The molecule has 5 aromatic rings. The molecule has 180 valence electrons. The van der Waals surface area contributed by atoms with Crippen LogP contribution in [0.15, 0.2) is 102 Å². The molecule has 0 aliphatic rings. The number of fused-ring (bicyclic) bond motifs is 1. The highest BCUT2D eigenvalue weighted by Crippen LogP contribution is 2.26. The summed E-state index contributed by atoms with van der Waals surface area (Å²) in [6.45, 7) is 3.87. The molecule has 0 saturated carbocycles. The van der Waals surface area contributed by atoms with Gasteiger partial charge >= 0.3 is 0 Å². The Kier molecular flexibility index (Phi) is 6.26. The standard InChI is InChI=1S/C28H25N5O2S/c1-19-10-12-22(13-11-19)31-27-18-28(30-20(2)29-27)32-23-14-16-24(17-15-23)33-36(34,35)26-9-5-7-21-6-3-4-8-25(21)26/h3-18,33H,1-2H3,(H2,29,30,31,32). The van der Waals surface area contributed by atoms with E-state index in [0.717, 1.165) is 16.8 Å². The average Bonchev–Trinajstić information content (AvgIpc) is 2.86. The molecule has 36 heavy (non-hydrogen) atoms. The first-order chi connectivity index (χ1) is 17.4. The van der Waals surface area contributed by atoms with E-state index in [9.17, 15) is 8.42 Å². The van der Waals surface area contributed by atoms with Crippen LogP contribution in [0.3, 0.4) is 0 Å². The number of rotatable bonds is 7. The van der Waals surface area contributed by atoms with E-state index in [4.69, 9.17) is 0 Å². The van der Waals surface area contributed by atoms with Gasteiger partial charge in [-0.25, -0.2) is 18.4 Å². The monoisotopic (exact) mass is 495 g/mol. The van der Waals surface area contributed by atoms with Gasteiger partial charge in [0, 0.05) is 28.5 Å². The van der Waals surface area contributed by atoms with Gasteiger partial charge in [0.2, 0.25) is 0 Å². The van der Waals surface area contributed by atoms with Crippen molar-refractivity contribution in [3.05, 3.63) is 108 Å². The second-order valence-corrected chi connectivity index (χ2v) is 10.1. The third kappa shape index (κ3) is 5.29. The van der Waals surface area contributed by atoms with Gasteiger partial charge in [0.05, 0.1) is 4.90 Å². The summed E-state index contributed by atoms with van der Waals surface area (Å²) >= 11 is 0. The Hall–Kier alpha value is -4.43. The Morgan fingerprint density at radius 1 is 0.639 bits per heavy atom. The van der Waals surface area contributed by atoms with Crippen LogP contribution in [0.25, 0.3) is 10.8 Å². The SMILES string of the molecule is Cc1ccc(Nc2cc(Nc3ccc(NS(=O)(=O)c4cccc5ccccc45)cc3)nc(C)n2)cc1. The lowest BCUT2D eigenvalue weighted by Crippen LogP contribution is -2.13. The largest absolute Gasteiger partial charge is 0.340 e. The Morgan fingerprint density at radius 2 is 1.19 bits per heavy atom. The van der Waals surface area contributed by atoms with Gasteiger partial charge < -0.3 is 10.6 Å². The molecule has 0 atom stereocenters. The zero-order chi connectivity index (χ0) is 25.1. The number of benzene rings is 4. The summed E-state index contributed by atoms with van der Waals surface area (Å²) in [7, 11) is -3.75. The number of anilines is 5. The van der Waals surface area contributed by atoms with Crippen LogP contribution in [0.1, 0.15) is 11.4 Å². The predicted molar refractivity (Wildman–Crippen MR) is 146 cm³/mol. The van der Waals surface area contributed by atoms with E-state index in [1.54, 1.807) is 36.4 Å². The Morgan fingerprint density at radius 3 is 1.86 bits per heavy atom. The second kappa shape index (κ2) is 9.67. The van der Waals surface area contributed by atoms with Crippen LogP contribution >= 0.6 is 0 Å². The van der Waals surface area contributed by atoms with Crippen LogP contribution in [0, 0.1) is 13.8 Å². The topological polar surface area (TPSA) is 96.0 Å². The molecule has 8 heteroatoms. The summed E-state index contributed by atoms with van der Waals surface area (Å²) in [6, 6.07) is 29.6. The molecular weight excluding hydrogens is 470 g/mol. The van der Waals surface area contributed by atoms with Gasteiger partial charge in [0.15, 0.2) is 0 Å². The van der Waals surface area contributed by atoms with E-state index in [1.165, 1.54) is 5.56 Å². The maximum absolute atomic E-state index is 13.1. The molecule has 7 nitrogen and oxygen atoms in total. The number of nitrogens with one attached hydrogen (secondary N) is 3. The molecule has 4 aromatic carbocycles. The zero-order valence-corrected chi connectivity index (χ0v) is 20.7. The summed E-state index contributed by atoms with van der Waals surface area (Å²) in [5.41, 5.74) is 3.36. The van der Waals surface area contributed by atoms with Gasteiger partial charge in [-0.2, -0.15) is 0 Å². The van der Waals surface area contributed by atoms with Gasteiger partial charge in [-0.05, 0) is 61.7 Å². The molecule has 0 unspecified atom stereocenters. The van der Waals surface area contributed by atoms with Crippen LogP contribution in [0.2, 0.25) is 0 Å². The molecule has 0 spiro atoms. The minimum atomic E-state index is -3.75. The molecule has 0 aliphatic heterocycles. The number of sulfonamides is 1. The van der Waals surface area contributed by atoms with Crippen LogP contribution in [-0.2, 0) is 10.0 Å². The maximum atomic E-state index is 13.1. The van der Waals surface area contributed by atoms with Crippen molar-refractivity contribution in [2.45, 2.75) is 18.7 Å². The summed E-state index contributed by atoms with van der Waals surface area (Å²) in [4.78, 5) is 9.16. The van der Waals surface area contributed by atoms with Crippen molar-refractivity contribution >= 4 is 49.5 Å². The summed E-state index contributed by atoms with van der Waals surface area (Å²) in [6.07, 6.45) is 0. The van der Waals surface area contributed by atoms with Crippen molar-refractivity contribution in [2.24, 2.45) is 0 Å². The third-order valence-electron chi connectivity index (χ3n) is 5.61. The average molecular weight is 496 g/mol. The van der Waals surface area contributed by atoms with E-state index < -0.39 is 10.0 Å². The van der Waals surface area contributed by atoms with E-state index in [1.807, 2.05) is 74.5 Å². The van der Waals surface area contributed by atoms with Gasteiger partial charge in [-0.3, -0.25) is 4.72 Å². The molecule has 5 rings (SSSR count). The molecule has 0 amide bonds. The van der Waals surface area contributed by atoms with Crippen LogP contribution in [0.5, 0.6) is 0 Å². The van der Waals surface area contributed by atoms with E-state index in [2.05, 4.69) is 25.3 Å². The highest BCUT2D eigenvalue weighted by Gasteiger charge is 2.17. The Labute approximate surface area is 210 Å². The number of hydrogen-bond acceptors (Lipinski definition) is 6. The van der Waals surface area contributed by atoms with Gasteiger partial charge in [-0.15, -0.1) is 0 Å². The molecule has 0 fully saturated rings. The fourth-order valence-corrected chi connectivity index (χ4v) is 5.18.